The fourth-order valence-electron chi connectivity index (χ4n) is 2.54. The monoisotopic (exact) mass is 331 g/mol. The van der Waals surface area contributed by atoms with E-state index in [0.717, 1.165) is 5.56 Å². The number of anilines is 1. The van der Waals surface area contributed by atoms with Gasteiger partial charge >= 0.3 is 5.97 Å². The number of carbonyl (C=O) groups excluding carboxylic acids is 1. The van der Waals surface area contributed by atoms with E-state index in [2.05, 4.69) is 4.98 Å². The molecule has 1 N–H and O–H groups in total. The molecular weight excluding hydrogens is 314 g/mol. The smallest absolute Gasteiger partial charge is 0.347 e. The zero-order valence-corrected chi connectivity index (χ0v) is 13.3. The van der Waals surface area contributed by atoms with Gasteiger partial charge in [0.05, 0.1) is 12.6 Å². The van der Waals surface area contributed by atoms with E-state index in [1.165, 1.54) is 17.5 Å². The molecule has 2 heterocycles. The van der Waals surface area contributed by atoms with Crippen molar-refractivity contribution < 1.29 is 14.7 Å². The van der Waals surface area contributed by atoms with Crippen LogP contribution in [0.1, 0.15) is 15.2 Å². The fourth-order valence-corrected chi connectivity index (χ4v) is 3.35. The number of benzene rings is 1. The molecule has 0 aliphatic carbocycles. The summed E-state index contributed by atoms with van der Waals surface area (Å²) in [6.07, 6.45) is 1.80. The number of rotatable bonds is 4. The molecule has 0 saturated carbocycles. The zero-order valence-electron chi connectivity index (χ0n) is 12.5. The molecule has 7 heteroatoms. The van der Waals surface area contributed by atoms with Crippen LogP contribution in [0.25, 0.3) is 0 Å². The SMILES string of the molecule is O=C(O)c1cnc(N2CCN(C(=O)Cc3ccccc3)CC2)s1. The molecule has 120 valence electrons. The van der Waals surface area contributed by atoms with Crippen molar-refractivity contribution in [3.63, 3.8) is 0 Å². The number of thiazole rings is 1. The van der Waals surface area contributed by atoms with Gasteiger partial charge in [-0.3, -0.25) is 4.79 Å². The molecule has 1 aliphatic heterocycles. The largest absolute Gasteiger partial charge is 0.477 e. The molecule has 3 rings (SSSR count). The van der Waals surface area contributed by atoms with Gasteiger partial charge in [0.25, 0.3) is 0 Å². The van der Waals surface area contributed by atoms with Gasteiger partial charge in [0.1, 0.15) is 4.88 Å². The molecule has 1 fully saturated rings. The van der Waals surface area contributed by atoms with Crippen LogP contribution >= 0.6 is 11.3 Å². The third kappa shape index (κ3) is 3.68. The standard InChI is InChI=1S/C16H17N3O3S/c20-14(10-12-4-2-1-3-5-12)18-6-8-19(9-7-18)16-17-11-13(23-16)15(21)22/h1-5,11H,6-10H2,(H,21,22). The Morgan fingerprint density at radius 1 is 1.13 bits per heavy atom. The Kier molecular flexibility index (Phi) is 4.57. The van der Waals surface area contributed by atoms with Gasteiger partial charge in [-0.05, 0) is 5.56 Å². The van der Waals surface area contributed by atoms with Crippen molar-refractivity contribution in [2.24, 2.45) is 0 Å². The summed E-state index contributed by atoms with van der Waals surface area (Å²) < 4.78 is 0. The van der Waals surface area contributed by atoms with E-state index in [1.807, 2.05) is 40.1 Å². The molecule has 1 saturated heterocycles. The highest BCUT2D eigenvalue weighted by atomic mass is 32.1. The molecule has 0 atom stereocenters. The summed E-state index contributed by atoms with van der Waals surface area (Å²) in [5.74, 6) is -0.827. The molecule has 0 spiro atoms. The fraction of sp³-hybridized carbons (Fsp3) is 0.312. The molecule has 6 nitrogen and oxygen atoms in total. The molecule has 0 unspecified atom stereocenters. The third-order valence-corrected chi connectivity index (χ3v) is 4.85. The van der Waals surface area contributed by atoms with Crippen molar-refractivity contribution >= 4 is 28.3 Å². The third-order valence-electron chi connectivity index (χ3n) is 3.81. The number of carboxylic acids is 1. The summed E-state index contributed by atoms with van der Waals surface area (Å²) in [5, 5.41) is 9.66. The van der Waals surface area contributed by atoms with Crippen molar-refractivity contribution in [3.8, 4) is 0 Å². The van der Waals surface area contributed by atoms with Crippen molar-refractivity contribution in [2.75, 3.05) is 31.1 Å². The second-order valence-corrected chi connectivity index (χ2v) is 6.35. The summed E-state index contributed by atoms with van der Waals surface area (Å²) in [6.45, 7) is 2.61. The van der Waals surface area contributed by atoms with E-state index in [-0.39, 0.29) is 10.8 Å². The summed E-state index contributed by atoms with van der Waals surface area (Å²) in [4.78, 5) is 31.5. The lowest BCUT2D eigenvalue weighted by Crippen LogP contribution is -2.49. The number of amides is 1. The number of aromatic carboxylic acids is 1. The molecule has 1 aromatic heterocycles. The average Bonchev–Trinajstić information content (AvgIpc) is 3.06. The molecule has 0 radical (unpaired) electrons. The van der Waals surface area contributed by atoms with E-state index in [1.54, 1.807) is 0 Å². The molecule has 1 aromatic carbocycles. The van der Waals surface area contributed by atoms with Gasteiger partial charge in [0.2, 0.25) is 5.91 Å². The summed E-state index contributed by atoms with van der Waals surface area (Å²) in [6, 6.07) is 9.71. The Morgan fingerprint density at radius 2 is 1.83 bits per heavy atom. The second-order valence-electron chi connectivity index (χ2n) is 5.34. The van der Waals surface area contributed by atoms with Gasteiger partial charge in [-0.1, -0.05) is 41.7 Å². The lowest BCUT2D eigenvalue weighted by Gasteiger charge is -2.34. The van der Waals surface area contributed by atoms with Crippen LogP contribution in [-0.4, -0.2) is 53.0 Å². The Balaban J connectivity index is 1.55. The minimum absolute atomic E-state index is 0.126. The van der Waals surface area contributed by atoms with E-state index >= 15 is 0 Å². The van der Waals surface area contributed by atoms with E-state index in [9.17, 15) is 9.59 Å². The number of piperazine rings is 1. The van der Waals surface area contributed by atoms with E-state index in [4.69, 9.17) is 5.11 Å². The maximum atomic E-state index is 12.3. The second kappa shape index (κ2) is 6.78. The van der Waals surface area contributed by atoms with Crippen molar-refractivity contribution in [1.82, 2.24) is 9.88 Å². The Hall–Kier alpha value is -2.41. The van der Waals surface area contributed by atoms with E-state index < -0.39 is 5.97 Å². The van der Waals surface area contributed by atoms with Crippen LogP contribution < -0.4 is 4.90 Å². The number of aromatic nitrogens is 1. The summed E-state index contributed by atoms with van der Waals surface area (Å²) >= 11 is 1.17. The Bertz CT molecular complexity index is 694. The highest BCUT2D eigenvalue weighted by Crippen LogP contribution is 2.23. The quantitative estimate of drug-likeness (QED) is 0.924. The minimum atomic E-state index is -0.953. The van der Waals surface area contributed by atoms with Crippen molar-refractivity contribution in [2.45, 2.75) is 6.42 Å². The van der Waals surface area contributed by atoms with Crippen LogP contribution in [0.5, 0.6) is 0 Å². The Morgan fingerprint density at radius 3 is 2.43 bits per heavy atom. The highest BCUT2D eigenvalue weighted by molar-refractivity contribution is 7.17. The molecule has 2 aromatic rings. The lowest BCUT2D eigenvalue weighted by molar-refractivity contribution is -0.130. The predicted molar refractivity (Wildman–Crippen MR) is 88.0 cm³/mol. The number of nitrogens with zero attached hydrogens (tertiary/aromatic N) is 3. The first-order valence-corrected chi connectivity index (χ1v) is 8.21. The molecular formula is C16H17N3O3S. The predicted octanol–water partition coefficient (Wildman–Crippen LogP) is 1.73. The Labute approximate surface area is 138 Å². The first-order chi connectivity index (χ1) is 11.1. The van der Waals surface area contributed by atoms with Crippen LogP contribution in [0, 0.1) is 0 Å². The summed E-state index contributed by atoms with van der Waals surface area (Å²) in [7, 11) is 0. The maximum Gasteiger partial charge on any atom is 0.347 e. The van der Waals surface area contributed by atoms with E-state index in [0.29, 0.717) is 37.7 Å². The molecule has 1 amide bonds. The number of hydrogen-bond donors (Lipinski definition) is 1. The molecule has 0 bridgehead atoms. The van der Waals surface area contributed by atoms with Crippen LogP contribution in [0.4, 0.5) is 5.13 Å². The van der Waals surface area contributed by atoms with Gasteiger partial charge in [0.15, 0.2) is 5.13 Å². The van der Waals surface area contributed by atoms with Gasteiger partial charge in [-0.25, -0.2) is 9.78 Å². The number of hydrogen-bond acceptors (Lipinski definition) is 5. The number of carbonyl (C=O) groups is 2. The zero-order chi connectivity index (χ0) is 16.2. The first kappa shape index (κ1) is 15.5. The van der Waals surface area contributed by atoms with Gasteiger partial charge in [-0.15, -0.1) is 0 Å². The average molecular weight is 331 g/mol. The lowest BCUT2D eigenvalue weighted by atomic mass is 10.1. The molecule has 1 aliphatic rings. The van der Waals surface area contributed by atoms with Crippen LogP contribution in [0.3, 0.4) is 0 Å². The van der Waals surface area contributed by atoms with Gasteiger partial charge in [0, 0.05) is 26.2 Å². The summed E-state index contributed by atoms with van der Waals surface area (Å²) in [5.41, 5.74) is 1.02. The van der Waals surface area contributed by atoms with Crippen molar-refractivity contribution in [1.29, 1.82) is 0 Å². The number of carboxylic acid groups (broad SMARTS) is 1. The van der Waals surface area contributed by atoms with Crippen LogP contribution in [0.2, 0.25) is 0 Å². The minimum Gasteiger partial charge on any atom is -0.477 e. The van der Waals surface area contributed by atoms with Gasteiger partial charge in [-0.2, -0.15) is 0 Å². The highest BCUT2D eigenvalue weighted by Gasteiger charge is 2.23. The van der Waals surface area contributed by atoms with Gasteiger partial charge < -0.3 is 14.9 Å². The maximum absolute atomic E-state index is 12.3. The molecule has 23 heavy (non-hydrogen) atoms. The first-order valence-electron chi connectivity index (χ1n) is 7.39. The topological polar surface area (TPSA) is 73.7 Å². The van der Waals surface area contributed by atoms with Crippen LogP contribution in [-0.2, 0) is 11.2 Å². The van der Waals surface area contributed by atoms with Crippen molar-refractivity contribution in [3.05, 3.63) is 47.0 Å². The normalized spacial score (nSPS) is 14.8. The van der Waals surface area contributed by atoms with Crippen LogP contribution in [0.15, 0.2) is 36.5 Å².